The lowest BCUT2D eigenvalue weighted by molar-refractivity contribution is 0.112. The van der Waals surface area contributed by atoms with Gasteiger partial charge in [0.1, 0.15) is 4.88 Å². The van der Waals surface area contributed by atoms with Gasteiger partial charge in [-0.05, 0) is 12.8 Å². The molecule has 0 saturated heterocycles. The van der Waals surface area contributed by atoms with Crippen molar-refractivity contribution in [2.75, 3.05) is 11.9 Å². The van der Waals surface area contributed by atoms with Crippen molar-refractivity contribution >= 4 is 34.4 Å². The first-order chi connectivity index (χ1) is 6.97. The molecular formula is C10H15ClN2OS. The predicted molar refractivity (Wildman–Crippen MR) is 65.2 cm³/mol. The van der Waals surface area contributed by atoms with E-state index in [9.17, 15) is 4.79 Å². The van der Waals surface area contributed by atoms with E-state index in [1.54, 1.807) is 0 Å². The first-order valence-corrected chi connectivity index (χ1v) is 6.01. The number of nitrogens with zero attached hydrogens (tertiary/aromatic N) is 2. The molecule has 0 saturated carbocycles. The Kier molecular flexibility index (Phi) is 4.11. The van der Waals surface area contributed by atoms with Crippen molar-refractivity contribution in [1.82, 2.24) is 4.98 Å². The molecule has 0 fully saturated rings. The Morgan fingerprint density at radius 1 is 1.47 bits per heavy atom. The predicted octanol–water partition coefficient (Wildman–Crippen LogP) is 3.09. The van der Waals surface area contributed by atoms with Crippen LogP contribution in [0.1, 0.15) is 30.4 Å². The summed E-state index contributed by atoms with van der Waals surface area (Å²) in [6.07, 6.45) is 0.747. The maximum Gasteiger partial charge on any atom is 0.187 e. The molecule has 0 aliphatic rings. The van der Waals surface area contributed by atoms with Gasteiger partial charge in [-0.15, -0.1) is 0 Å². The molecule has 1 unspecified atom stereocenters. The van der Waals surface area contributed by atoms with E-state index in [1.165, 1.54) is 11.3 Å². The van der Waals surface area contributed by atoms with Crippen LogP contribution in [0.3, 0.4) is 0 Å². The van der Waals surface area contributed by atoms with Gasteiger partial charge in [0.25, 0.3) is 0 Å². The summed E-state index contributed by atoms with van der Waals surface area (Å²) >= 11 is 7.14. The Morgan fingerprint density at radius 3 is 2.47 bits per heavy atom. The fourth-order valence-electron chi connectivity index (χ4n) is 1.15. The lowest BCUT2D eigenvalue weighted by Crippen LogP contribution is -2.32. The van der Waals surface area contributed by atoms with Gasteiger partial charge in [-0.25, -0.2) is 4.98 Å². The van der Waals surface area contributed by atoms with Crippen molar-refractivity contribution < 1.29 is 4.79 Å². The van der Waals surface area contributed by atoms with Crippen LogP contribution in [0.25, 0.3) is 0 Å². The normalized spacial score (nSPS) is 12.9. The molecule has 1 heterocycles. The van der Waals surface area contributed by atoms with Crippen molar-refractivity contribution in [3.8, 4) is 0 Å². The molecule has 0 N–H and O–H groups in total. The van der Waals surface area contributed by atoms with Crippen LogP contribution in [0.15, 0.2) is 0 Å². The molecule has 0 aliphatic heterocycles. The Labute approximate surface area is 99.1 Å². The number of hydrogen-bond donors (Lipinski definition) is 0. The monoisotopic (exact) mass is 246 g/mol. The molecule has 1 aromatic rings. The van der Waals surface area contributed by atoms with Crippen LogP contribution in [0.5, 0.6) is 0 Å². The highest BCUT2D eigenvalue weighted by Crippen LogP contribution is 2.29. The zero-order chi connectivity index (χ0) is 11.6. The molecule has 1 aromatic heterocycles. The fraction of sp³-hybridized carbons (Fsp3) is 0.600. The third-order valence-electron chi connectivity index (χ3n) is 2.58. The molecule has 0 aliphatic carbocycles. The average Bonchev–Trinajstić information content (AvgIpc) is 2.57. The molecule has 0 spiro atoms. The fourth-order valence-corrected chi connectivity index (χ4v) is 2.26. The van der Waals surface area contributed by atoms with Crippen LogP contribution in [0.4, 0.5) is 5.13 Å². The smallest absolute Gasteiger partial charge is 0.187 e. The Hall–Kier alpha value is -0.610. The van der Waals surface area contributed by atoms with E-state index in [0.29, 0.717) is 22.0 Å². The van der Waals surface area contributed by atoms with Crippen LogP contribution in [-0.4, -0.2) is 24.4 Å². The molecule has 3 nitrogen and oxygen atoms in total. The van der Waals surface area contributed by atoms with E-state index in [4.69, 9.17) is 11.6 Å². The van der Waals surface area contributed by atoms with Gasteiger partial charge < -0.3 is 4.90 Å². The van der Waals surface area contributed by atoms with Gasteiger partial charge in [-0.1, -0.05) is 36.8 Å². The largest absolute Gasteiger partial charge is 0.348 e. The maximum absolute atomic E-state index is 10.6. The molecule has 5 heteroatoms. The van der Waals surface area contributed by atoms with Crippen molar-refractivity contribution in [2.24, 2.45) is 5.92 Å². The lowest BCUT2D eigenvalue weighted by Gasteiger charge is -2.27. The van der Waals surface area contributed by atoms with E-state index in [-0.39, 0.29) is 0 Å². The maximum atomic E-state index is 10.6. The number of halogens is 1. The quantitative estimate of drug-likeness (QED) is 0.766. The number of carbonyl (C=O) groups is 1. The Balaban J connectivity index is 2.91. The molecule has 15 heavy (non-hydrogen) atoms. The highest BCUT2D eigenvalue weighted by Gasteiger charge is 2.18. The molecule has 0 bridgehead atoms. The van der Waals surface area contributed by atoms with Gasteiger partial charge in [0, 0.05) is 13.1 Å². The zero-order valence-corrected chi connectivity index (χ0v) is 10.9. The van der Waals surface area contributed by atoms with E-state index in [1.807, 2.05) is 11.9 Å². The number of aldehydes is 1. The van der Waals surface area contributed by atoms with Crippen LogP contribution < -0.4 is 4.90 Å². The topological polar surface area (TPSA) is 33.2 Å². The number of thiazole rings is 1. The van der Waals surface area contributed by atoms with Crippen molar-refractivity contribution in [3.05, 3.63) is 10.0 Å². The SMILES string of the molecule is CC(C)C(C)N(C)c1nc(Cl)c(C=O)s1. The second-order valence-electron chi connectivity index (χ2n) is 3.86. The molecule has 1 rings (SSSR count). The number of rotatable bonds is 4. The number of aromatic nitrogens is 1. The third-order valence-corrected chi connectivity index (χ3v) is 4.05. The van der Waals surface area contributed by atoms with Crippen molar-refractivity contribution in [1.29, 1.82) is 0 Å². The summed E-state index contributed by atoms with van der Waals surface area (Å²) in [4.78, 5) is 17.3. The summed E-state index contributed by atoms with van der Waals surface area (Å²) in [5, 5.41) is 1.09. The Morgan fingerprint density at radius 2 is 2.07 bits per heavy atom. The van der Waals surface area contributed by atoms with Gasteiger partial charge in [-0.2, -0.15) is 0 Å². The van der Waals surface area contributed by atoms with E-state index in [0.717, 1.165) is 11.4 Å². The van der Waals surface area contributed by atoms with Gasteiger partial charge in [0.2, 0.25) is 0 Å². The molecule has 0 radical (unpaired) electrons. The summed E-state index contributed by atoms with van der Waals surface area (Å²) < 4.78 is 0. The Bertz CT molecular complexity index is 351. The summed E-state index contributed by atoms with van der Waals surface area (Å²) in [6, 6.07) is 0.367. The molecular weight excluding hydrogens is 232 g/mol. The lowest BCUT2D eigenvalue weighted by atomic mass is 10.1. The average molecular weight is 247 g/mol. The van der Waals surface area contributed by atoms with Gasteiger partial charge in [0.15, 0.2) is 16.6 Å². The van der Waals surface area contributed by atoms with Crippen LogP contribution >= 0.6 is 22.9 Å². The van der Waals surface area contributed by atoms with E-state index < -0.39 is 0 Å². The van der Waals surface area contributed by atoms with Crippen LogP contribution in [0, 0.1) is 5.92 Å². The first kappa shape index (κ1) is 12.5. The summed E-state index contributed by atoms with van der Waals surface area (Å²) in [6.45, 7) is 6.43. The molecule has 84 valence electrons. The molecule has 0 amide bonds. The minimum absolute atomic E-state index is 0.299. The number of hydrogen-bond acceptors (Lipinski definition) is 4. The first-order valence-electron chi connectivity index (χ1n) is 4.81. The van der Waals surface area contributed by atoms with Gasteiger partial charge >= 0.3 is 0 Å². The van der Waals surface area contributed by atoms with E-state index in [2.05, 4.69) is 25.8 Å². The molecule has 0 aromatic carbocycles. The van der Waals surface area contributed by atoms with Crippen molar-refractivity contribution in [2.45, 2.75) is 26.8 Å². The van der Waals surface area contributed by atoms with Gasteiger partial charge in [-0.3, -0.25) is 4.79 Å². The second kappa shape index (κ2) is 4.94. The summed E-state index contributed by atoms with van der Waals surface area (Å²) in [5.74, 6) is 0.525. The van der Waals surface area contributed by atoms with Crippen molar-refractivity contribution in [3.63, 3.8) is 0 Å². The molecule has 1 atom stereocenters. The van der Waals surface area contributed by atoms with Gasteiger partial charge in [0.05, 0.1) is 0 Å². The third kappa shape index (κ3) is 2.69. The van der Waals surface area contributed by atoms with E-state index >= 15 is 0 Å². The number of anilines is 1. The van der Waals surface area contributed by atoms with Crippen LogP contribution in [-0.2, 0) is 0 Å². The zero-order valence-electron chi connectivity index (χ0n) is 9.32. The summed E-state index contributed by atoms with van der Waals surface area (Å²) in [7, 11) is 1.97. The minimum atomic E-state index is 0.299. The summed E-state index contributed by atoms with van der Waals surface area (Å²) in [5.41, 5.74) is 0. The number of carbonyl (C=O) groups excluding carboxylic acids is 1. The highest BCUT2D eigenvalue weighted by atomic mass is 35.5. The van der Waals surface area contributed by atoms with Crippen LogP contribution in [0.2, 0.25) is 5.15 Å². The second-order valence-corrected chi connectivity index (χ2v) is 5.23. The highest BCUT2D eigenvalue weighted by molar-refractivity contribution is 7.17. The standard InChI is InChI=1S/C10H15ClN2OS/c1-6(2)7(3)13(4)10-12-9(11)8(5-14)15-10/h5-7H,1-4H3. The minimum Gasteiger partial charge on any atom is -0.348 e.